The summed E-state index contributed by atoms with van der Waals surface area (Å²) >= 11 is 0. The van der Waals surface area contributed by atoms with E-state index in [-0.39, 0.29) is 36.3 Å². The molecule has 0 atom stereocenters. The van der Waals surface area contributed by atoms with Crippen LogP contribution in [0.15, 0.2) is 0 Å². The number of carbonyl (C=O) groups is 2. The second-order valence-corrected chi connectivity index (χ2v) is 3.51. The van der Waals surface area contributed by atoms with Gasteiger partial charge in [0, 0.05) is 12.8 Å². The fraction of sp³-hybridized carbons (Fsp3) is 0.400. The Morgan fingerprint density at radius 1 is 1.06 bits per heavy atom. The maximum atomic E-state index is 11.6. The Labute approximate surface area is 102 Å². The minimum Gasteiger partial charge on any atom is -0.499 e. The van der Waals surface area contributed by atoms with Crippen LogP contribution in [0.25, 0.3) is 0 Å². The highest BCUT2D eigenvalue weighted by Gasteiger charge is 2.34. The minimum absolute atomic E-state index is 0.119. The first kappa shape index (κ1) is 12.1. The van der Waals surface area contributed by atoms with Crippen molar-refractivity contribution in [1.82, 2.24) is 9.97 Å². The second-order valence-electron chi connectivity index (χ2n) is 3.51. The quantitative estimate of drug-likeness (QED) is 0.747. The summed E-state index contributed by atoms with van der Waals surface area (Å²) in [5.74, 6) is -1.66. The molecule has 0 aromatic carbocycles. The van der Waals surface area contributed by atoms with Gasteiger partial charge in [-0.25, -0.2) is 4.90 Å². The Hall–Kier alpha value is -2.38. The van der Waals surface area contributed by atoms with E-state index >= 15 is 0 Å². The fourth-order valence-electron chi connectivity index (χ4n) is 1.59. The molecule has 1 aliphatic rings. The van der Waals surface area contributed by atoms with Crippen molar-refractivity contribution in [1.29, 1.82) is 0 Å². The molecule has 0 aliphatic carbocycles. The summed E-state index contributed by atoms with van der Waals surface area (Å²) in [6.45, 7) is 0. The van der Waals surface area contributed by atoms with E-state index in [4.69, 9.17) is 9.47 Å². The van der Waals surface area contributed by atoms with Gasteiger partial charge in [0.1, 0.15) is 0 Å². The molecule has 1 aromatic heterocycles. The predicted octanol–water partition coefficient (Wildman–Crippen LogP) is -0.147. The van der Waals surface area contributed by atoms with Crippen LogP contribution >= 0.6 is 0 Å². The summed E-state index contributed by atoms with van der Waals surface area (Å²) in [6, 6.07) is 0. The van der Waals surface area contributed by atoms with Crippen molar-refractivity contribution in [3.05, 3.63) is 0 Å². The highest BCUT2D eigenvalue weighted by Crippen LogP contribution is 2.35. The monoisotopic (exact) mass is 253 g/mol. The number of imide groups is 1. The van der Waals surface area contributed by atoms with Gasteiger partial charge in [0.25, 0.3) is 11.8 Å². The molecule has 0 spiro atoms. The van der Waals surface area contributed by atoms with Crippen LogP contribution in [0.5, 0.6) is 17.5 Å². The number of ether oxygens (including phenoxy) is 2. The van der Waals surface area contributed by atoms with Crippen molar-refractivity contribution in [3.8, 4) is 17.5 Å². The minimum atomic E-state index is -0.394. The molecular formula is C10H11N3O5. The molecule has 2 rings (SSSR count). The Balaban J connectivity index is 2.51. The number of nitrogens with zero attached hydrogens (tertiary/aromatic N) is 3. The van der Waals surface area contributed by atoms with Gasteiger partial charge in [0.05, 0.1) is 14.2 Å². The zero-order chi connectivity index (χ0) is 13.3. The van der Waals surface area contributed by atoms with Gasteiger partial charge in [0.15, 0.2) is 0 Å². The Bertz CT molecular complexity index is 475. The van der Waals surface area contributed by atoms with E-state index in [2.05, 4.69) is 9.97 Å². The molecule has 18 heavy (non-hydrogen) atoms. The standard InChI is InChI=1S/C10H11N3O5/c1-17-8-7(16)9(18-2)12-10(11-8)13-5(14)3-4-6(13)15/h16H,3-4H2,1-2H3. The molecule has 1 aromatic rings. The summed E-state index contributed by atoms with van der Waals surface area (Å²) in [4.78, 5) is 31.6. The lowest BCUT2D eigenvalue weighted by Crippen LogP contribution is -2.30. The number of hydrogen-bond acceptors (Lipinski definition) is 7. The molecule has 0 saturated carbocycles. The normalized spacial score (nSPS) is 15.1. The van der Waals surface area contributed by atoms with E-state index in [0.717, 1.165) is 4.90 Å². The number of rotatable bonds is 3. The molecule has 2 heterocycles. The van der Waals surface area contributed by atoms with Gasteiger partial charge >= 0.3 is 0 Å². The molecule has 8 heteroatoms. The van der Waals surface area contributed by atoms with Crippen LogP contribution in [0.1, 0.15) is 12.8 Å². The van der Waals surface area contributed by atoms with Gasteiger partial charge < -0.3 is 14.6 Å². The van der Waals surface area contributed by atoms with Crippen molar-refractivity contribution in [3.63, 3.8) is 0 Å². The first-order chi connectivity index (χ1) is 8.58. The van der Waals surface area contributed by atoms with Crippen LogP contribution in [-0.2, 0) is 9.59 Å². The van der Waals surface area contributed by atoms with Crippen LogP contribution in [0.3, 0.4) is 0 Å². The van der Waals surface area contributed by atoms with E-state index in [1.807, 2.05) is 0 Å². The van der Waals surface area contributed by atoms with Gasteiger partial charge in [-0.05, 0) is 0 Å². The zero-order valence-corrected chi connectivity index (χ0v) is 9.84. The molecule has 0 unspecified atom stereocenters. The molecule has 0 radical (unpaired) electrons. The first-order valence-electron chi connectivity index (χ1n) is 5.13. The van der Waals surface area contributed by atoms with Crippen molar-refractivity contribution in [2.45, 2.75) is 12.8 Å². The molecule has 2 amide bonds. The summed E-state index contributed by atoms with van der Waals surface area (Å²) in [7, 11) is 2.58. The average molecular weight is 253 g/mol. The van der Waals surface area contributed by atoms with Crippen LogP contribution in [-0.4, -0.2) is 41.1 Å². The number of aromatic hydroxyl groups is 1. The number of methoxy groups -OCH3 is 2. The summed E-state index contributed by atoms with van der Waals surface area (Å²) in [5.41, 5.74) is 0. The SMILES string of the molecule is COc1nc(N2C(=O)CCC2=O)nc(OC)c1O. The van der Waals surface area contributed by atoms with Crippen LogP contribution in [0, 0.1) is 0 Å². The number of aromatic nitrogens is 2. The van der Waals surface area contributed by atoms with Gasteiger partial charge in [0.2, 0.25) is 23.5 Å². The van der Waals surface area contributed by atoms with Gasteiger partial charge in [-0.2, -0.15) is 9.97 Å². The van der Waals surface area contributed by atoms with Crippen molar-refractivity contribution < 1.29 is 24.2 Å². The van der Waals surface area contributed by atoms with E-state index in [1.54, 1.807) is 0 Å². The smallest absolute Gasteiger partial charge is 0.265 e. The van der Waals surface area contributed by atoms with Crippen molar-refractivity contribution >= 4 is 17.8 Å². The van der Waals surface area contributed by atoms with Gasteiger partial charge in [-0.3, -0.25) is 9.59 Å². The third-order valence-electron chi connectivity index (χ3n) is 2.45. The average Bonchev–Trinajstić information content (AvgIpc) is 2.70. The molecule has 8 nitrogen and oxygen atoms in total. The third kappa shape index (κ3) is 1.81. The van der Waals surface area contributed by atoms with Crippen LogP contribution in [0.2, 0.25) is 0 Å². The molecule has 96 valence electrons. The second kappa shape index (κ2) is 4.47. The van der Waals surface area contributed by atoms with E-state index in [0.29, 0.717) is 0 Å². The summed E-state index contributed by atoms with van der Waals surface area (Å²) in [6.07, 6.45) is 0.238. The highest BCUT2D eigenvalue weighted by molar-refractivity contribution is 6.18. The van der Waals surface area contributed by atoms with Crippen LogP contribution < -0.4 is 14.4 Å². The molecule has 1 aliphatic heterocycles. The Morgan fingerprint density at radius 3 is 1.89 bits per heavy atom. The first-order valence-corrected chi connectivity index (χ1v) is 5.13. The Kier molecular flexibility index (Phi) is 3.00. The van der Waals surface area contributed by atoms with Crippen molar-refractivity contribution in [2.75, 3.05) is 19.1 Å². The highest BCUT2D eigenvalue weighted by atomic mass is 16.5. The maximum Gasteiger partial charge on any atom is 0.265 e. The molecular weight excluding hydrogens is 242 g/mol. The van der Waals surface area contributed by atoms with E-state index in [9.17, 15) is 14.7 Å². The number of amides is 2. The largest absolute Gasteiger partial charge is 0.499 e. The number of carbonyl (C=O) groups excluding carboxylic acids is 2. The maximum absolute atomic E-state index is 11.6. The van der Waals surface area contributed by atoms with Crippen LogP contribution in [0.4, 0.5) is 5.95 Å². The molecule has 1 fully saturated rings. The Morgan fingerprint density at radius 2 is 1.50 bits per heavy atom. The van der Waals surface area contributed by atoms with E-state index < -0.39 is 11.8 Å². The lowest BCUT2D eigenvalue weighted by molar-refractivity contribution is -0.121. The van der Waals surface area contributed by atoms with Gasteiger partial charge in [-0.1, -0.05) is 0 Å². The third-order valence-corrected chi connectivity index (χ3v) is 2.45. The zero-order valence-electron chi connectivity index (χ0n) is 9.84. The fourth-order valence-corrected chi connectivity index (χ4v) is 1.59. The molecule has 0 bridgehead atoms. The number of anilines is 1. The molecule has 1 N–H and O–H groups in total. The van der Waals surface area contributed by atoms with E-state index in [1.165, 1.54) is 14.2 Å². The lowest BCUT2D eigenvalue weighted by atomic mass is 10.4. The molecule has 1 saturated heterocycles. The summed E-state index contributed by atoms with van der Waals surface area (Å²) in [5, 5.41) is 9.62. The topological polar surface area (TPSA) is 102 Å². The van der Waals surface area contributed by atoms with Gasteiger partial charge in [-0.15, -0.1) is 0 Å². The summed E-state index contributed by atoms with van der Waals surface area (Å²) < 4.78 is 9.66. The number of hydrogen-bond donors (Lipinski definition) is 1. The lowest BCUT2D eigenvalue weighted by Gasteiger charge is -2.14. The predicted molar refractivity (Wildman–Crippen MR) is 58.5 cm³/mol. The van der Waals surface area contributed by atoms with Crippen molar-refractivity contribution in [2.24, 2.45) is 0 Å².